The Labute approximate surface area is 142 Å². The zero-order valence-corrected chi connectivity index (χ0v) is 15.0. The molecule has 0 spiro atoms. The lowest BCUT2D eigenvalue weighted by Gasteiger charge is -2.22. The number of methoxy groups -OCH3 is 3. The van der Waals surface area contributed by atoms with E-state index in [9.17, 15) is 9.59 Å². The van der Waals surface area contributed by atoms with Gasteiger partial charge in [0.15, 0.2) is 11.5 Å². The maximum Gasteiger partial charge on any atom is 0.408 e. The number of alkyl carbamates (subject to hydrolysis) is 1. The van der Waals surface area contributed by atoms with Crippen molar-refractivity contribution in [1.82, 2.24) is 5.32 Å². The molecule has 0 aliphatic rings. The molecular formula is C17H25NO6. The van der Waals surface area contributed by atoms with E-state index in [1.807, 2.05) is 0 Å². The second-order valence-corrected chi connectivity index (χ2v) is 6.12. The lowest BCUT2D eigenvalue weighted by molar-refractivity contribution is -0.143. The molecule has 1 N–H and O–H groups in total. The van der Waals surface area contributed by atoms with E-state index in [4.69, 9.17) is 18.9 Å². The molecule has 1 rings (SSSR count). The van der Waals surface area contributed by atoms with Gasteiger partial charge in [-0.3, -0.25) is 0 Å². The minimum atomic E-state index is -0.872. The van der Waals surface area contributed by atoms with Crippen LogP contribution in [0.3, 0.4) is 0 Å². The smallest absolute Gasteiger partial charge is 0.408 e. The topological polar surface area (TPSA) is 83.1 Å². The van der Waals surface area contributed by atoms with E-state index in [0.29, 0.717) is 11.5 Å². The van der Waals surface area contributed by atoms with Crippen LogP contribution >= 0.6 is 0 Å². The largest absolute Gasteiger partial charge is 0.493 e. The summed E-state index contributed by atoms with van der Waals surface area (Å²) >= 11 is 0. The molecule has 0 bridgehead atoms. The van der Waals surface area contributed by atoms with Crippen LogP contribution in [0.25, 0.3) is 0 Å². The summed E-state index contributed by atoms with van der Waals surface area (Å²) in [7, 11) is 4.33. The third-order valence-electron chi connectivity index (χ3n) is 3.06. The van der Waals surface area contributed by atoms with Gasteiger partial charge in [-0.2, -0.15) is 0 Å². The highest BCUT2D eigenvalue weighted by Crippen LogP contribution is 2.28. The van der Waals surface area contributed by atoms with Crippen LogP contribution in [-0.2, 0) is 20.7 Å². The highest BCUT2D eigenvalue weighted by atomic mass is 16.6. The molecule has 0 saturated carbocycles. The van der Waals surface area contributed by atoms with Crippen LogP contribution < -0.4 is 14.8 Å². The van der Waals surface area contributed by atoms with Gasteiger partial charge in [0, 0.05) is 6.42 Å². The second-order valence-electron chi connectivity index (χ2n) is 6.12. The van der Waals surface area contributed by atoms with Crippen LogP contribution in [0.1, 0.15) is 26.3 Å². The molecule has 0 aliphatic carbocycles. The Morgan fingerprint density at radius 2 is 1.71 bits per heavy atom. The summed E-state index contributed by atoms with van der Waals surface area (Å²) in [5.74, 6) is 0.558. The molecule has 0 aliphatic heterocycles. The van der Waals surface area contributed by atoms with Crippen molar-refractivity contribution in [3.05, 3.63) is 23.8 Å². The standard InChI is InChI=1S/C17H25NO6/c1-17(2,3)24-16(20)18-12(15(19)23-6)9-11-7-8-13(21-4)14(10-11)22-5/h7-8,10,12H,9H2,1-6H3,(H,18,20)/t12-/m0/s1. The Bertz CT molecular complexity index is 579. The quantitative estimate of drug-likeness (QED) is 0.801. The highest BCUT2D eigenvalue weighted by molar-refractivity contribution is 5.81. The lowest BCUT2D eigenvalue weighted by atomic mass is 10.1. The van der Waals surface area contributed by atoms with Crippen LogP contribution in [0.15, 0.2) is 18.2 Å². The van der Waals surface area contributed by atoms with Gasteiger partial charge in [-0.1, -0.05) is 6.07 Å². The molecule has 7 nitrogen and oxygen atoms in total. The van der Waals surface area contributed by atoms with Crippen LogP contribution in [-0.4, -0.2) is 45.0 Å². The van der Waals surface area contributed by atoms with Crippen LogP contribution in [0.5, 0.6) is 11.5 Å². The Morgan fingerprint density at radius 1 is 1.08 bits per heavy atom. The Hall–Kier alpha value is -2.44. The fourth-order valence-corrected chi connectivity index (χ4v) is 2.03. The summed E-state index contributed by atoms with van der Waals surface area (Å²) in [4.78, 5) is 23.9. The number of hydrogen-bond donors (Lipinski definition) is 1. The number of hydrogen-bond acceptors (Lipinski definition) is 6. The summed E-state index contributed by atoms with van der Waals surface area (Å²) in [6.45, 7) is 5.23. The van der Waals surface area contributed by atoms with Crippen molar-refractivity contribution in [2.45, 2.75) is 38.8 Å². The lowest BCUT2D eigenvalue weighted by Crippen LogP contribution is -2.45. The molecular weight excluding hydrogens is 314 g/mol. The number of rotatable bonds is 6. The van der Waals surface area contributed by atoms with Gasteiger partial charge in [0.25, 0.3) is 0 Å². The predicted octanol–water partition coefficient (Wildman–Crippen LogP) is 2.31. The number of esters is 1. The van der Waals surface area contributed by atoms with E-state index in [2.05, 4.69) is 5.32 Å². The minimum Gasteiger partial charge on any atom is -0.493 e. The number of benzene rings is 1. The molecule has 0 fully saturated rings. The molecule has 24 heavy (non-hydrogen) atoms. The van der Waals surface area contributed by atoms with Crippen LogP contribution in [0.4, 0.5) is 4.79 Å². The number of carbonyl (C=O) groups excluding carboxylic acids is 2. The van der Waals surface area contributed by atoms with Gasteiger partial charge in [-0.15, -0.1) is 0 Å². The first-order valence-electron chi connectivity index (χ1n) is 7.48. The van der Waals surface area contributed by atoms with Crippen molar-refractivity contribution in [2.75, 3.05) is 21.3 Å². The number of ether oxygens (including phenoxy) is 4. The zero-order chi connectivity index (χ0) is 18.3. The fourth-order valence-electron chi connectivity index (χ4n) is 2.03. The van der Waals surface area contributed by atoms with Crippen molar-refractivity contribution in [3.8, 4) is 11.5 Å². The second kappa shape index (κ2) is 8.42. The van der Waals surface area contributed by atoms with Crippen LogP contribution in [0.2, 0.25) is 0 Å². The monoisotopic (exact) mass is 339 g/mol. The normalized spacial score (nSPS) is 12.1. The Balaban J connectivity index is 2.90. The number of nitrogens with one attached hydrogen (secondary N) is 1. The van der Waals surface area contributed by atoms with Gasteiger partial charge in [-0.05, 0) is 38.5 Å². The Morgan fingerprint density at radius 3 is 2.21 bits per heavy atom. The van der Waals surface area contributed by atoms with Gasteiger partial charge in [0.05, 0.1) is 21.3 Å². The molecule has 0 saturated heterocycles. The molecule has 1 amide bonds. The summed E-state index contributed by atoms with van der Waals surface area (Å²) in [5, 5.41) is 2.53. The number of amides is 1. The highest BCUT2D eigenvalue weighted by Gasteiger charge is 2.25. The summed E-state index contributed by atoms with van der Waals surface area (Å²) in [6.07, 6.45) is -0.454. The van der Waals surface area contributed by atoms with Gasteiger partial charge in [0.1, 0.15) is 11.6 Å². The summed E-state index contributed by atoms with van der Waals surface area (Å²) < 4.78 is 20.3. The third-order valence-corrected chi connectivity index (χ3v) is 3.06. The first-order valence-corrected chi connectivity index (χ1v) is 7.48. The average Bonchev–Trinajstić information content (AvgIpc) is 2.51. The zero-order valence-electron chi connectivity index (χ0n) is 15.0. The molecule has 1 atom stereocenters. The number of carbonyl (C=O) groups is 2. The molecule has 1 aromatic rings. The van der Waals surface area contributed by atoms with E-state index in [0.717, 1.165) is 5.56 Å². The molecule has 0 unspecified atom stereocenters. The van der Waals surface area contributed by atoms with E-state index in [1.54, 1.807) is 46.1 Å². The van der Waals surface area contributed by atoms with Gasteiger partial charge >= 0.3 is 12.1 Å². The molecule has 1 aromatic carbocycles. The van der Waals surface area contributed by atoms with Gasteiger partial charge in [0.2, 0.25) is 0 Å². The summed E-state index contributed by atoms with van der Waals surface area (Å²) in [6, 6.07) is 4.39. The molecule has 134 valence electrons. The van der Waals surface area contributed by atoms with Gasteiger partial charge < -0.3 is 24.3 Å². The fraction of sp³-hybridized carbons (Fsp3) is 0.529. The average molecular weight is 339 g/mol. The first kappa shape index (κ1) is 19.6. The van der Waals surface area contributed by atoms with Crippen molar-refractivity contribution in [2.24, 2.45) is 0 Å². The van der Waals surface area contributed by atoms with Crippen molar-refractivity contribution < 1.29 is 28.5 Å². The summed E-state index contributed by atoms with van der Waals surface area (Å²) in [5.41, 5.74) is 0.118. The van der Waals surface area contributed by atoms with Crippen LogP contribution in [0, 0.1) is 0 Å². The molecule has 0 heterocycles. The molecule has 0 radical (unpaired) electrons. The minimum absolute atomic E-state index is 0.228. The van der Waals surface area contributed by atoms with E-state index in [1.165, 1.54) is 14.2 Å². The van der Waals surface area contributed by atoms with Gasteiger partial charge in [-0.25, -0.2) is 9.59 Å². The first-order chi connectivity index (χ1) is 11.2. The van der Waals surface area contributed by atoms with Crippen molar-refractivity contribution >= 4 is 12.1 Å². The van der Waals surface area contributed by atoms with E-state index < -0.39 is 23.7 Å². The third kappa shape index (κ3) is 5.98. The SMILES string of the molecule is COC(=O)[C@H](Cc1ccc(OC)c(OC)c1)NC(=O)OC(C)(C)C. The maximum atomic E-state index is 11.9. The molecule has 7 heteroatoms. The van der Waals surface area contributed by atoms with E-state index >= 15 is 0 Å². The Kier molecular flexibility index (Phi) is 6.88. The van der Waals surface area contributed by atoms with Crippen molar-refractivity contribution in [3.63, 3.8) is 0 Å². The predicted molar refractivity (Wildman–Crippen MR) is 88.4 cm³/mol. The van der Waals surface area contributed by atoms with Crippen molar-refractivity contribution in [1.29, 1.82) is 0 Å². The van der Waals surface area contributed by atoms with E-state index in [-0.39, 0.29) is 6.42 Å². The maximum absolute atomic E-state index is 11.9. The molecule has 0 aromatic heterocycles.